The average molecular weight is 362 g/mol. The van der Waals surface area contributed by atoms with Crippen molar-refractivity contribution in [1.29, 1.82) is 0 Å². The van der Waals surface area contributed by atoms with Gasteiger partial charge in [-0.05, 0) is 33.3 Å². The number of hydrogen-bond donors (Lipinski definition) is 0. The van der Waals surface area contributed by atoms with Crippen molar-refractivity contribution in [2.45, 2.75) is 45.4 Å². The fraction of sp³-hybridized carbons (Fsp3) is 0.500. The van der Waals surface area contributed by atoms with Crippen LogP contribution < -0.4 is 0 Å². The largest absolute Gasteiger partial charge is 0.385 e. The normalized spacial score (nSPS) is 11.0. The number of aryl methyl sites for hydroxylation is 2. The molecule has 2 aromatic heterocycles. The Kier molecular flexibility index (Phi) is 7.01. The number of Topliss-reactive ketones (excluding diaryl/α,β-unsaturated/α-hetero) is 1. The van der Waals surface area contributed by atoms with E-state index in [-0.39, 0.29) is 5.78 Å². The highest BCUT2D eigenvalue weighted by Crippen LogP contribution is 2.22. The number of nitrogens with zero attached hydrogens (tertiary/aromatic N) is 4. The van der Waals surface area contributed by atoms with Crippen molar-refractivity contribution in [3.8, 4) is 0 Å². The maximum absolute atomic E-state index is 12.7. The molecule has 0 saturated carbocycles. The third-order valence-corrected chi connectivity index (χ3v) is 5.12. The Labute approximate surface area is 153 Å². The minimum atomic E-state index is 0.113. The van der Waals surface area contributed by atoms with Crippen LogP contribution in [0, 0.1) is 20.8 Å². The first-order valence-corrected chi connectivity index (χ1v) is 9.30. The Morgan fingerprint density at radius 1 is 1.32 bits per heavy atom. The quantitative estimate of drug-likeness (QED) is 0.281. The summed E-state index contributed by atoms with van der Waals surface area (Å²) < 4.78 is 9.25. The molecule has 6 nitrogen and oxygen atoms in total. The summed E-state index contributed by atoms with van der Waals surface area (Å²) in [6.07, 6.45) is 2.73. The maximum Gasteiger partial charge on any atom is 0.191 e. The molecule has 0 aliphatic heterocycles. The lowest BCUT2D eigenvalue weighted by Crippen LogP contribution is -2.09. The molecule has 2 heterocycles. The van der Waals surface area contributed by atoms with Crippen molar-refractivity contribution in [3.63, 3.8) is 0 Å². The van der Waals surface area contributed by atoms with E-state index in [0.29, 0.717) is 18.9 Å². The third kappa shape index (κ3) is 4.61. The van der Waals surface area contributed by atoms with Gasteiger partial charge in [-0.3, -0.25) is 4.79 Å². The molecule has 0 saturated heterocycles. The zero-order chi connectivity index (χ0) is 18.4. The van der Waals surface area contributed by atoms with E-state index in [0.717, 1.165) is 40.9 Å². The van der Waals surface area contributed by atoms with Gasteiger partial charge in [0.2, 0.25) is 0 Å². The molecule has 0 amide bonds. The number of hydrogen-bond acceptors (Lipinski definition) is 5. The number of carbonyl (C=O) groups is 1. The number of ketones is 1. The summed E-state index contributed by atoms with van der Waals surface area (Å²) in [7, 11) is 1.70. The van der Waals surface area contributed by atoms with Gasteiger partial charge < -0.3 is 13.9 Å². The molecule has 0 radical (unpaired) electrons. The monoisotopic (exact) mass is 362 g/mol. The molecule has 2 rings (SSSR count). The van der Waals surface area contributed by atoms with Crippen LogP contribution in [0.2, 0.25) is 0 Å². The SMILES string of the molecule is C=CCn1c(C)nnc1SCC(=O)c1cc(C)n(CCCOC)c1C. The first-order valence-electron chi connectivity index (χ1n) is 8.32. The van der Waals surface area contributed by atoms with Crippen LogP contribution in [0.15, 0.2) is 23.9 Å². The lowest BCUT2D eigenvalue weighted by molar-refractivity contribution is 0.102. The molecule has 0 fully saturated rings. The smallest absolute Gasteiger partial charge is 0.191 e. The van der Waals surface area contributed by atoms with Crippen LogP contribution in [0.1, 0.15) is 34.0 Å². The Hall–Kier alpha value is -1.86. The van der Waals surface area contributed by atoms with Crippen molar-refractivity contribution in [3.05, 3.63) is 41.5 Å². The minimum absolute atomic E-state index is 0.113. The molecule has 7 heteroatoms. The van der Waals surface area contributed by atoms with Crippen molar-refractivity contribution in [2.24, 2.45) is 0 Å². The molecule has 0 spiro atoms. The Morgan fingerprint density at radius 3 is 2.76 bits per heavy atom. The van der Waals surface area contributed by atoms with Gasteiger partial charge in [-0.15, -0.1) is 16.8 Å². The first kappa shape index (κ1) is 19.5. The van der Waals surface area contributed by atoms with Crippen molar-refractivity contribution >= 4 is 17.5 Å². The molecule has 136 valence electrons. The lowest BCUT2D eigenvalue weighted by Gasteiger charge is -2.09. The zero-order valence-electron chi connectivity index (χ0n) is 15.4. The van der Waals surface area contributed by atoms with Crippen LogP contribution in [0.25, 0.3) is 0 Å². The molecular weight excluding hydrogens is 336 g/mol. The van der Waals surface area contributed by atoms with Crippen LogP contribution in [0.4, 0.5) is 0 Å². The predicted octanol–water partition coefficient (Wildman–Crippen LogP) is 3.20. The van der Waals surface area contributed by atoms with Gasteiger partial charge in [0.1, 0.15) is 5.82 Å². The van der Waals surface area contributed by atoms with Crippen LogP contribution in [0.3, 0.4) is 0 Å². The molecule has 2 aromatic rings. The summed E-state index contributed by atoms with van der Waals surface area (Å²) in [5, 5.41) is 8.98. The van der Waals surface area contributed by atoms with Crippen molar-refractivity contribution in [1.82, 2.24) is 19.3 Å². The van der Waals surface area contributed by atoms with E-state index in [4.69, 9.17) is 4.74 Å². The maximum atomic E-state index is 12.7. The van der Waals surface area contributed by atoms with E-state index < -0.39 is 0 Å². The molecule has 0 unspecified atom stereocenters. The highest BCUT2D eigenvalue weighted by molar-refractivity contribution is 7.99. The number of rotatable bonds is 10. The topological polar surface area (TPSA) is 61.9 Å². The summed E-state index contributed by atoms with van der Waals surface area (Å²) >= 11 is 1.42. The van der Waals surface area contributed by atoms with Gasteiger partial charge in [0.05, 0.1) is 5.75 Å². The van der Waals surface area contributed by atoms with Gasteiger partial charge in [0.25, 0.3) is 0 Å². The minimum Gasteiger partial charge on any atom is -0.385 e. The number of aromatic nitrogens is 4. The summed E-state index contributed by atoms with van der Waals surface area (Å²) in [4.78, 5) is 12.7. The molecule has 0 N–H and O–H groups in total. The van der Waals surface area contributed by atoms with Crippen LogP contribution in [-0.2, 0) is 17.8 Å². The van der Waals surface area contributed by atoms with E-state index in [1.807, 2.05) is 31.4 Å². The second-order valence-electron chi connectivity index (χ2n) is 5.92. The molecule has 0 atom stereocenters. The summed E-state index contributed by atoms with van der Waals surface area (Å²) in [5.41, 5.74) is 2.91. The molecule has 0 aliphatic rings. The third-order valence-electron chi connectivity index (χ3n) is 4.15. The molecule has 0 bridgehead atoms. The van der Waals surface area contributed by atoms with Gasteiger partial charge in [-0.25, -0.2) is 0 Å². The van der Waals surface area contributed by atoms with E-state index in [1.165, 1.54) is 11.8 Å². The Morgan fingerprint density at radius 2 is 2.08 bits per heavy atom. The highest BCUT2D eigenvalue weighted by Gasteiger charge is 2.17. The zero-order valence-corrected chi connectivity index (χ0v) is 16.2. The summed E-state index contributed by atoms with van der Waals surface area (Å²) in [6.45, 7) is 11.9. The van der Waals surface area contributed by atoms with Gasteiger partial charge in [0, 0.05) is 43.8 Å². The Balaban J connectivity index is 2.06. The standard InChI is InChI=1S/C18H26N4O2S/c1-6-8-22-15(4)19-20-18(22)25-12-17(23)16-11-13(2)21(14(16)3)9-7-10-24-5/h6,11H,1,7-10,12H2,2-5H3. The van der Waals surface area contributed by atoms with Crippen molar-refractivity contribution < 1.29 is 9.53 Å². The summed E-state index contributed by atoms with van der Waals surface area (Å²) in [6, 6.07) is 1.98. The van der Waals surface area contributed by atoms with E-state index in [2.05, 4.69) is 21.3 Å². The van der Waals surface area contributed by atoms with Gasteiger partial charge >= 0.3 is 0 Å². The van der Waals surface area contributed by atoms with Gasteiger partial charge in [-0.1, -0.05) is 17.8 Å². The molecular formula is C18H26N4O2S. The van der Waals surface area contributed by atoms with E-state index >= 15 is 0 Å². The molecule has 0 aliphatic carbocycles. The van der Waals surface area contributed by atoms with Gasteiger partial charge in [0.15, 0.2) is 10.9 Å². The number of methoxy groups -OCH3 is 1. The second-order valence-corrected chi connectivity index (χ2v) is 6.87. The fourth-order valence-electron chi connectivity index (χ4n) is 2.81. The number of carbonyl (C=O) groups excluding carboxylic acids is 1. The molecule has 25 heavy (non-hydrogen) atoms. The predicted molar refractivity (Wildman–Crippen MR) is 100 cm³/mol. The van der Waals surface area contributed by atoms with Crippen LogP contribution >= 0.6 is 11.8 Å². The van der Waals surface area contributed by atoms with Gasteiger partial charge in [-0.2, -0.15) is 0 Å². The number of allylic oxidation sites excluding steroid dienone is 1. The van der Waals surface area contributed by atoms with Crippen LogP contribution in [-0.4, -0.2) is 44.6 Å². The van der Waals surface area contributed by atoms with E-state index in [9.17, 15) is 4.79 Å². The molecule has 0 aromatic carbocycles. The fourth-order valence-corrected chi connectivity index (χ4v) is 3.69. The first-order chi connectivity index (χ1) is 12.0. The lowest BCUT2D eigenvalue weighted by atomic mass is 10.2. The second kappa shape index (κ2) is 9.01. The Bertz CT molecular complexity index is 749. The summed E-state index contributed by atoms with van der Waals surface area (Å²) in [5.74, 6) is 1.28. The van der Waals surface area contributed by atoms with Crippen molar-refractivity contribution in [2.75, 3.05) is 19.5 Å². The number of thioether (sulfide) groups is 1. The average Bonchev–Trinajstić information content (AvgIpc) is 3.07. The highest BCUT2D eigenvalue weighted by atomic mass is 32.2. The van der Waals surface area contributed by atoms with E-state index in [1.54, 1.807) is 13.2 Å². The van der Waals surface area contributed by atoms with Crippen LogP contribution in [0.5, 0.6) is 0 Å². The number of ether oxygens (including phenoxy) is 1.